The van der Waals surface area contributed by atoms with E-state index in [-0.39, 0.29) is 12.0 Å². The summed E-state index contributed by atoms with van der Waals surface area (Å²) in [6.45, 7) is 6.36. The molecule has 2 aromatic carbocycles. The van der Waals surface area contributed by atoms with Gasteiger partial charge in [-0.3, -0.25) is 4.79 Å². The number of methoxy groups -OCH3 is 1. The number of carbonyl (C=O) groups excluding carboxylic acids is 1. The molecule has 2 aromatic rings. The highest BCUT2D eigenvalue weighted by Gasteiger charge is 2.17. The molecule has 0 radical (unpaired) electrons. The fraction of sp³-hybridized carbons (Fsp3) is 0.353. The summed E-state index contributed by atoms with van der Waals surface area (Å²) < 4.78 is 11.2. The quantitative estimate of drug-likeness (QED) is 0.917. The van der Waals surface area contributed by atoms with Gasteiger partial charge < -0.3 is 14.8 Å². The van der Waals surface area contributed by atoms with E-state index in [4.69, 9.17) is 9.47 Å². The molecule has 0 fully saturated rings. The van der Waals surface area contributed by atoms with E-state index in [9.17, 15) is 4.79 Å². The lowest BCUT2D eigenvalue weighted by molar-refractivity contribution is 0.0950. The maximum atomic E-state index is 12.2. The molecule has 2 rings (SSSR count). The minimum Gasteiger partial charge on any atom is -0.497 e. The molecule has 0 aromatic heterocycles. The number of fused-ring (bicyclic) bond motifs is 1. The molecule has 0 aliphatic rings. The van der Waals surface area contributed by atoms with Crippen LogP contribution in [0.2, 0.25) is 0 Å². The van der Waals surface area contributed by atoms with Gasteiger partial charge >= 0.3 is 0 Å². The number of hydrogen-bond acceptors (Lipinski definition) is 3. The number of nitrogens with one attached hydrogen (secondary N) is 1. The van der Waals surface area contributed by atoms with Gasteiger partial charge in [0.2, 0.25) is 0 Å². The lowest BCUT2D eigenvalue weighted by Gasteiger charge is -2.17. The summed E-state index contributed by atoms with van der Waals surface area (Å²) in [7, 11) is 1.62. The van der Waals surface area contributed by atoms with Gasteiger partial charge in [-0.05, 0) is 44.4 Å². The fourth-order valence-electron chi connectivity index (χ4n) is 2.20. The molecule has 1 N–H and O–H groups in total. The molecule has 0 aliphatic carbocycles. The summed E-state index contributed by atoms with van der Waals surface area (Å²) >= 11 is 0. The van der Waals surface area contributed by atoms with Gasteiger partial charge in [-0.15, -0.1) is 0 Å². The first kappa shape index (κ1) is 15.2. The van der Waals surface area contributed by atoms with Crippen LogP contribution in [0, 0.1) is 0 Å². The van der Waals surface area contributed by atoms with E-state index in [2.05, 4.69) is 5.32 Å². The van der Waals surface area contributed by atoms with Gasteiger partial charge in [0, 0.05) is 11.9 Å². The number of ether oxygens (including phenoxy) is 2. The topological polar surface area (TPSA) is 47.6 Å². The van der Waals surface area contributed by atoms with Crippen molar-refractivity contribution >= 4 is 16.7 Å². The zero-order chi connectivity index (χ0) is 15.4. The molecule has 0 saturated carbocycles. The van der Waals surface area contributed by atoms with Crippen molar-refractivity contribution in [3.05, 3.63) is 35.9 Å². The van der Waals surface area contributed by atoms with Crippen molar-refractivity contribution in [2.45, 2.75) is 26.9 Å². The summed E-state index contributed by atoms with van der Waals surface area (Å²) in [4.78, 5) is 12.2. The van der Waals surface area contributed by atoms with Crippen LogP contribution < -0.4 is 14.8 Å². The average Bonchev–Trinajstić information content (AvgIpc) is 2.46. The molecule has 0 atom stereocenters. The first-order valence-electron chi connectivity index (χ1n) is 7.12. The standard InChI is InChI=1S/C17H21NO3/c1-5-18-17(19)14-9-7-12-6-8-13(20-4)10-15(12)16(14)21-11(2)3/h6-11H,5H2,1-4H3,(H,18,19). The highest BCUT2D eigenvalue weighted by molar-refractivity contribution is 6.04. The van der Waals surface area contributed by atoms with Crippen molar-refractivity contribution in [1.82, 2.24) is 5.32 Å². The summed E-state index contributed by atoms with van der Waals surface area (Å²) in [6.07, 6.45) is -0.0185. The summed E-state index contributed by atoms with van der Waals surface area (Å²) in [6, 6.07) is 9.48. The van der Waals surface area contributed by atoms with Crippen LogP contribution in [0.25, 0.3) is 10.8 Å². The Morgan fingerprint density at radius 3 is 2.57 bits per heavy atom. The average molecular weight is 287 g/mol. The van der Waals surface area contributed by atoms with E-state index in [0.29, 0.717) is 17.9 Å². The molecule has 4 nitrogen and oxygen atoms in total. The molecule has 0 unspecified atom stereocenters. The fourth-order valence-corrected chi connectivity index (χ4v) is 2.20. The molecule has 0 bridgehead atoms. The second kappa shape index (κ2) is 6.48. The molecular formula is C17H21NO3. The molecule has 0 saturated heterocycles. The second-order valence-corrected chi connectivity index (χ2v) is 5.06. The van der Waals surface area contributed by atoms with Gasteiger partial charge in [0.05, 0.1) is 18.8 Å². The van der Waals surface area contributed by atoms with Crippen LogP contribution >= 0.6 is 0 Å². The smallest absolute Gasteiger partial charge is 0.255 e. The number of benzene rings is 2. The Morgan fingerprint density at radius 1 is 1.24 bits per heavy atom. The third-order valence-electron chi connectivity index (χ3n) is 3.11. The Hall–Kier alpha value is -2.23. The Bertz CT molecular complexity index is 650. The first-order chi connectivity index (χ1) is 10.1. The monoisotopic (exact) mass is 287 g/mol. The lowest BCUT2D eigenvalue weighted by Crippen LogP contribution is -2.24. The zero-order valence-corrected chi connectivity index (χ0v) is 12.9. The van der Waals surface area contributed by atoms with Gasteiger partial charge in [-0.2, -0.15) is 0 Å². The van der Waals surface area contributed by atoms with Crippen molar-refractivity contribution in [3.8, 4) is 11.5 Å². The molecule has 0 aliphatic heterocycles. The van der Waals surface area contributed by atoms with Gasteiger partial charge in [0.25, 0.3) is 5.91 Å². The van der Waals surface area contributed by atoms with Gasteiger partial charge in [0.15, 0.2) is 0 Å². The predicted octanol–water partition coefficient (Wildman–Crippen LogP) is 3.39. The van der Waals surface area contributed by atoms with Crippen molar-refractivity contribution in [2.75, 3.05) is 13.7 Å². The number of carbonyl (C=O) groups is 1. The molecular weight excluding hydrogens is 266 g/mol. The zero-order valence-electron chi connectivity index (χ0n) is 12.9. The highest BCUT2D eigenvalue weighted by Crippen LogP contribution is 2.33. The summed E-state index contributed by atoms with van der Waals surface area (Å²) in [5.74, 6) is 1.22. The number of hydrogen-bond donors (Lipinski definition) is 1. The third kappa shape index (κ3) is 3.27. The molecule has 21 heavy (non-hydrogen) atoms. The highest BCUT2D eigenvalue weighted by atomic mass is 16.5. The normalized spacial score (nSPS) is 10.7. The van der Waals surface area contributed by atoms with Gasteiger partial charge in [-0.1, -0.05) is 12.1 Å². The Balaban J connectivity index is 2.64. The van der Waals surface area contributed by atoms with E-state index in [1.54, 1.807) is 13.2 Å². The van der Waals surface area contributed by atoms with Crippen LogP contribution in [0.4, 0.5) is 0 Å². The van der Waals surface area contributed by atoms with Crippen LogP contribution in [0.1, 0.15) is 31.1 Å². The van der Waals surface area contributed by atoms with E-state index >= 15 is 0 Å². The van der Waals surface area contributed by atoms with Crippen LogP contribution in [0.3, 0.4) is 0 Å². The molecule has 0 spiro atoms. The van der Waals surface area contributed by atoms with Crippen molar-refractivity contribution in [3.63, 3.8) is 0 Å². The maximum absolute atomic E-state index is 12.2. The Kier molecular flexibility index (Phi) is 4.68. The Morgan fingerprint density at radius 2 is 1.95 bits per heavy atom. The van der Waals surface area contributed by atoms with E-state index in [0.717, 1.165) is 16.5 Å². The van der Waals surface area contributed by atoms with Crippen molar-refractivity contribution in [1.29, 1.82) is 0 Å². The van der Waals surface area contributed by atoms with Crippen molar-refractivity contribution in [2.24, 2.45) is 0 Å². The first-order valence-corrected chi connectivity index (χ1v) is 7.12. The molecule has 1 amide bonds. The SMILES string of the molecule is CCNC(=O)c1ccc2ccc(OC)cc2c1OC(C)C. The molecule has 112 valence electrons. The van der Waals surface area contributed by atoms with Crippen LogP contribution in [-0.4, -0.2) is 25.7 Å². The summed E-state index contributed by atoms with van der Waals surface area (Å²) in [5, 5.41) is 4.71. The number of amides is 1. The second-order valence-electron chi connectivity index (χ2n) is 5.06. The van der Waals surface area contributed by atoms with E-state index in [1.165, 1.54) is 0 Å². The minimum absolute atomic E-state index is 0.0185. The van der Waals surface area contributed by atoms with Crippen LogP contribution in [-0.2, 0) is 0 Å². The molecule has 0 heterocycles. The maximum Gasteiger partial charge on any atom is 0.255 e. The van der Waals surface area contributed by atoms with E-state index in [1.807, 2.05) is 45.0 Å². The van der Waals surface area contributed by atoms with Crippen LogP contribution in [0.5, 0.6) is 11.5 Å². The number of rotatable bonds is 5. The van der Waals surface area contributed by atoms with Gasteiger partial charge in [0.1, 0.15) is 11.5 Å². The van der Waals surface area contributed by atoms with Gasteiger partial charge in [-0.25, -0.2) is 0 Å². The largest absolute Gasteiger partial charge is 0.497 e. The van der Waals surface area contributed by atoms with Crippen LogP contribution in [0.15, 0.2) is 30.3 Å². The lowest BCUT2D eigenvalue weighted by atomic mass is 10.0. The third-order valence-corrected chi connectivity index (χ3v) is 3.11. The summed E-state index contributed by atoms with van der Waals surface area (Å²) in [5.41, 5.74) is 0.548. The predicted molar refractivity (Wildman–Crippen MR) is 84.3 cm³/mol. The minimum atomic E-state index is -0.127. The van der Waals surface area contributed by atoms with Crippen molar-refractivity contribution < 1.29 is 14.3 Å². The Labute approximate surface area is 125 Å². The van der Waals surface area contributed by atoms with E-state index < -0.39 is 0 Å². The molecule has 4 heteroatoms.